The molecule has 1 nitrogen and oxygen atoms in total. The molecule has 1 aromatic rings. The minimum absolute atomic E-state index is 0.389. The summed E-state index contributed by atoms with van der Waals surface area (Å²) in [6, 6.07) is 5.76. The second-order valence-electron chi connectivity index (χ2n) is 2.14. The number of benzene rings is 1. The average molecular weight is 248 g/mol. The number of hydrogen-bond donors (Lipinski definition) is 1. The van der Waals surface area contributed by atoms with E-state index >= 15 is 0 Å². The molecule has 0 unspecified atom stereocenters. The van der Waals surface area contributed by atoms with Crippen molar-refractivity contribution in [3.05, 3.63) is 27.3 Å². The van der Waals surface area contributed by atoms with E-state index in [9.17, 15) is 5.11 Å². The number of aryl methyl sites for hydroxylation is 1. The Bertz CT molecular complexity index is 233. The second kappa shape index (κ2) is 3.23. The Morgan fingerprint density at radius 2 is 2.20 bits per heavy atom. The zero-order valence-corrected chi connectivity index (χ0v) is 7.92. The predicted octanol–water partition coefficient (Wildman–Crippen LogP) is 2.56. The van der Waals surface area contributed by atoms with Crippen LogP contribution in [0.1, 0.15) is 12.5 Å². The number of phenolic OH excluding ortho intramolecular Hbond substituents is 1. The molecule has 0 aliphatic heterocycles. The van der Waals surface area contributed by atoms with Crippen LogP contribution in [0.4, 0.5) is 0 Å². The number of rotatable bonds is 1. The van der Waals surface area contributed by atoms with Crippen LogP contribution in [-0.2, 0) is 6.42 Å². The summed E-state index contributed by atoms with van der Waals surface area (Å²) in [6.45, 7) is 2.07. The molecule has 10 heavy (non-hydrogen) atoms. The Labute approximate surface area is 74.2 Å². The fourth-order valence-electron chi connectivity index (χ4n) is 0.778. The Kier molecular flexibility index (Phi) is 2.54. The minimum Gasteiger partial charge on any atom is -0.507 e. The number of halogens is 1. The Morgan fingerprint density at radius 3 is 2.70 bits per heavy atom. The maximum atomic E-state index is 9.22. The molecular weight excluding hydrogens is 239 g/mol. The minimum atomic E-state index is 0.389. The highest BCUT2D eigenvalue weighted by molar-refractivity contribution is 14.1. The lowest BCUT2D eigenvalue weighted by Gasteiger charge is -1.98. The molecule has 0 bridgehead atoms. The van der Waals surface area contributed by atoms with E-state index in [-0.39, 0.29) is 0 Å². The van der Waals surface area contributed by atoms with Gasteiger partial charge < -0.3 is 5.11 Å². The summed E-state index contributed by atoms with van der Waals surface area (Å²) in [4.78, 5) is 0. The van der Waals surface area contributed by atoms with Gasteiger partial charge in [-0.1, -0.05) is 13.0 Å². The topological polar surface area (TPSA) is 20.2 Å². The van der Waals surface area contributed by atoms with Crippen LogP contribution in [0, 0.1) is 3.57 Å². The van der Waals surface area contributed by atoms with E-state index in [2.05, 4.69) is 29.5 Å². The number of aromatic hydroxyl groups is 1. The van der Waals surface area contributed by atoms with Crippen LogP contribution in [0.5, 0.6) is 5.75 Å². The van der Waals surface area contributed by atoms with Crippen molar-refractivity contribution < 1.29 is 5.11 Å². The van der Waals surface area contributed by atoms with Crippen molar-refractivity contribution in [2.45, 2.75) is 13.3 Å². The highest BCUT2D eigenvalue weighted by atomic mass is 127. The van der Waals surface area contributed by atoms with Crippen LogP contribution in [0.3, 0.4) is 0 Å². The summed E-state index contributed by atoms with van der Waals surface area (Å²) in [5, 5.41) is 9.22. The van der Waals surface area contributed by atoms with Crippen molar-refractivity contribution >= 4 is 22.6 Å². The van der Waals surface area contributed by atoms with Gasteiger partial charge in [0, 0.05) is 0 Å². The first-order chi connectivity index (χ1) is 4.74. The molecule has 0 spiro atoms. The Morgan fingerprint density at radius 1 is 1.50 bits per heavy atom. The largest absolute Gasteiger partial charge is 0.507 e. The molecule has 54 valence electrons. The monoisotopic (exact) mass is 248 g/mol. The van der Waals surface area contributed by atoms with Crippen molar-refractivity contribution in [1.82, 2.24) is 0 Å². The van der Waals surface area contributed by atoms with Gasteiger partial charge in [-0.15, -0.1) is 0 Å². The summed E-state index contributed by atoms with van der Waals surface area (Å²) >= 11 is 2.11. The normalized spacial score (nSPS) is 9.80. The van der Waals surface area contributed by atoms with Gasteiger partial charge in [-0.3, -0.25) is 0 Å². The molecule has 0 aliphatic carbocycles. The van der Waals surface area contributed by atoms with Gasteiger partial charge in [0.25, 0.3) is 0 Å². The summed E-state index contributed by atoms with van der Waals surface area (Å²) in [5.41, 5.74) is 1.18. The van der Waals surface area contributed by atoms with Gasteiger partial charge in [0.15, 0.2) is 0 Å². The van der Waals surface area contributed by atoms with Crippen molar-refractivity contribution in [1.29, 1.82) is 0 Å². The first-order valence-corrected chi connectivity index (χ1v) is 4.29. The molecule has 1 aromatic carbocycles. The second-order valence-corrected chi connectivity index (χ2v) is 3.30. The standard InChI is InChI=1S/C8H9IO/c1-2-6-3-4-7(9)8(10)5-6/h3-5,10H,2H2,1H3. The third-order valence-corrected chi connectivity index (χ3v) is 2.33. The van der Waals surface area contributed by atoms with Gasteiger partial charge in [-0.05, 0) is 46.7 Å². The van der Waals surface area contributed by atoms with Crippen molar-refractivity contribution in [3.63, 3.8) is 0 Å². The van der Waals surface area contributed by atoms with Crippen molar-refractivity contribution in [2.24, 2.45) is 0 Å². The summed E-state index contributed by atoms with van der Waals surface area (Å²) in [5.74, 6) is 0.389. The van der Waals surface area contributed by atoms with Crippen molar-refractivity contribution in [3.8, 4) is 5.75 Å². The molecular formula is C8H9IO. The maximum Gasteiger partial charge on any atom is 0.129 e. The zero-order chi connectivity index (χ0) is 7.56. The lowest BCUT2D eigenvalue weighted by atomic mass is 10.2. The number of phenols is 1. The molecule has 0 saturated carbocycles. The van der Waals surface area contributed by atoms with Gasteiger partial charge in [-0.2, -0.15) is 0 Å². The Hall–Kier alpha value is -0.250. The van der Waals surface area contributed by atoms with Gasteiger partial charge in [-0.25, -0.2) is 0 Å². The average Bonchev–Trinajstić information content (AvgIpc) is 1.95. The highest BCUT2D eigenvalue weighted by Crippen LogP contribution is 2.20. The highest BCUT2D eigenvalue weighted by Gasteiger charge is 1.96. The van der Waals surface area contributed by atoms with Crippen LogP contribution in [0.15, 0.2) is 18.2 Å². The lowest BCUT2D eigenvalue weighted by molar-refractivity contribution is 0.471. The third-order valence-electron chi connectivity index (χ3n) is 1.42. The molecule has 1 N–H and O–H groups in total. The SMILES string of the molecule is CCc1ccc(I)c(O)c1. The fraction of sp³-hybridized carbons (Fsp3) is 0.250. The molecule has 0 heterocycles. The molecule has 0 aromatic heterocycles. The molecule has 0 aliphatic rings. The van der Waals surface area contributed by atoms with Crippen LogP contribution in [0.2, 0.25) is 0 Å². The van der Waals surface area contributed by atoms with Crippen molar-refractivity contribution in [2.75, 3.05) is 0 Å². The smallest absolute Gasteiger partial charge is 0.129 e. The van der Waals surface area contributed by atoms with Gasteiger partial charge in [0.2, 0.25) is 0 Å². The summed E-state index contributed by atoms with van der Waals surface area (Å²) in [7, 11) is 0. The molecule has 0 atom stereocenters. The molecule has 0 saturated heterocycles. The van der Waals surface area contributed by atoms with E-state index in [1.165, 1.54) is 5.56 Å². The predicted molar refractivity (Wildman–Crippen MR) is 50.2 cm³/mol. The zero-order valence-electron chi connectivity index (χ0n) is 5.76. The molecule has 0 amide bonds. The molecule has 1 rings (SSSR count). The first-order valence-electron chi connectivity index (χ1n) is 3.21. The van der Waals surface area contributed by atoms with E-state index in [0.717, 1.165) is 9.99 Å². The van der Waals surface area contributed by atoms with E-state index in [1.807, 2.05) is 18.2 Å². The van der Waals surface area contributed by atoms with Gasteiger partial charge in [0.05, 0.1) is 3.57 Å². The van der Waals surface area contributed by atoms with E-state index in [0.29, 0.717) is 5.75 Å². The first kappa shape index (κ1) is 7.85. The number of hydrogen-bond acceptors (Lipinski definition) is 1. The van der Waals surface area contributed by atoms with Crippen LogP contribution >= 0.6 is 22.6 Å². The van der Waals surface area contributed by atoms with E-state index in [4.69, 9.17) is 0 Å². The molecule has 0 radical (unpaired) electrons. The summed E-state index contributed by atoms with van der Waals surface area (Å²) in [6.07, 6.45) is 0.977. The van der Waals surface area contributed by atoms with Crippen LogP contribution in [-0.4, -0.2) is 5.11 Å². The third kappa shape index (κ3) is 1.62. The summed E-state index contributed by atoms with van der Waals surface area (Å²) < 4.78 is 0.912. The molecule has 2 heteroatoms. The quantitative estimate of drug-likeness (QED) is 0.757. The van der Waals surface area contributed by atoms with Gasteiger partial charge >= 0.3 is 0 Å². The Balaban J connectivity index is 3.04. The van der Waals surface area contributed by atoms with E-state index < -0.39 is 0 Å². The molecule has 0 fully saturated rings. The maximum absolute atomic E-state index is 9.22. The lowest BCUT2D eigenvalue weighted by Crippen LogP contribution is -1.80. The van der Waals surface area contributed by atoms with Crippen LogP contribution in [0.25, 0.3) is 0 Å². The van der Waals surface area contributed by atoms with E-state index in [1.54, 1.807) is 0 Å². The van der Waals surface area contributed by atoms with Gasteiger partial charge in [0.1, 0.15) is 5.75 Å². The van der Waals surface area contributed by atoms with Crippen LogP contribution < -0.4 is 0 Å². The fourth-order valence-corrected chi connectivity index (χ4v) is 1.11.